The van der Waals surface area contributed by atoms with E-state index in [1.54, 1.807) is 14.2 Å². The highest BCUT2D eigenvalue weighted by Gasteiger charge is 1.99. The highest BCUT2D eigenvalue weighted by atomic mass is 32.2. The van der Waals surface area contributed by atoms with E-state index in [4.69, 9.17) is 33.9 Å². The fourth-order valence-electron chi connectivity index (χ4n) is 0.244. The number of rotatable bonds is 2. The monoisotopic (exact) mass is 228 g/mol. The van der Waals surface area contributed by atoms with Crippen molar-refractivity contribution in [2.75, 3.05) is 19.3 Å². The zero-order chi connectivity index (χ0) is 8.69. The van der Waals surface area contributed by atoms with E-state index < -0.39 is 0 Å². The van der Waals surface area contributed by atoms with Gasteiger partial charge in [-0.05, 0) is 24.4 Å². The van der Waals surface area contributed by atoms with E-state index in [2.05, 4.69) is 0 Å². The molecule has 0 radical (unpaired) electrons. The molecule has 0 aliphatic heterocycles. The molecule has 0 aliphatic carbocycles. The van der Waals surface area contributed by atoms with E-state index >= 15 is 0 Å². The Balaban J connectivity index is 3.27. The quantitative estimate of drug-likeness (QED) is 0.529. The van der Waals surface area contributed by atoms with Crippen molar-refractivity contribution in [3.05, 3.63) is 0 Å². The standard InChI is InChI=1S/C5H8O2S4/c1-6-4(8)10-3-11-5(9)7-2/h3H2,1-2H3. The number of hydrogen-bond acceptors (Lipinski definition) is 6. The molecule has 2 nitrogen and oxygen atoms in total. The number of hydrogen-bond donors (Lipinski definition) is 0. The van der Waals surface area contributed by atoms with Crippen LogP contribution in [0.2, 0.25) is 0 Å². The van der Waals surface area contributed by atoms with Crippen LogP contribution in [0.5, 0.6) is 0 Å². The SMILES string of the molecule is COC(=S)SCSC(=S)OC. The van der Waals surface area contributed by atoms with Gasteiger partial charge >= 0.3 is 0 Å². The third-order valence-electron chi connectivity index (χ3n) is 0.687. The first-order chi connectivity index (χ1) is 5.20. The van der Waals surface area contributed by atoms with Crippen molar-refractivity contribution in [3.8, 4) is 0 Å². The summed E-state index contributed by atoms with van der Waals surface area (Å²) in [6.07, 6.45) is 0. The summed E-state index contributed by atoms with van der Waals surface area (Å²) in [7, 11) is 3.10. The molecule has 0 amide bonds. The van der Waals surface area contributed by atoms with Crippen LogP contribution in [-0.2, 0) is 9.47 Å². The Morgan fingerprint density at radius 2 is 1.45 bits per heavy atom. The average Bonchev–Trinajstić information content (AvgIpc) is 2.04. The Morgan fingerprint density at radius 3 is 1.73 bits per heavy atom. The van der Waals surface area contributed by atoms with Crippen molar-refractivity contribution in [1.29, 1.82) is 0 Å². The smallest absolute Gasteiger partial charge is 0.220 e. The van der Waals surface area contributed by atoms with Gasteiger partial charge in [0, 0.05) is 0 Å². The van der Waals surface area contributed by atoms with Gasteiger partial charge in [0.05, 0.1) is 19.3 Å². The molecule has 0 aromatic rings. The van der Waals surface area contributed by atoms with Gasteiger partial charge in [-0.2, -0.15) is 0 Å². The van der Waals surface area contributed by atoms with E-state index in [-0.39, 0.29) is 0 Å². The Bertz CT molecular complexity index is 131. The molecule has 0 N–H and O–H groups in total. The predicted octanol–water partition coefficient (Wildman–Crippen LogP) is 2.27. The summed E-state index contributed by atoms with van der Waals surface area (Å²) >= 11 is 12.4. The molecule has 0 heterocycles. The topological polar surface area (TPSA) is 18.5 Å². The number of thiocarbonyl (C=S) groups is 2. The normalized spacial score (nSPS) is 8.91. The Morgan fingerprint density at radius 1 is 1.09 bits per heavy atom. The van der Waals surface area contributed by atoms with Gasteiger partial charge in [0.25, 0.3) is 0 Å². The number of methoxy groups -OCH3 is 2. The molecule has 0 bridgehead atoms. The van der Waals surface area contributed by atoms with Crippen LogP contribution in [0.3, 0.4) is 0 Å². The zero-order valence-electron chi connectivity index (χ0n) is 6.16. The van der Waals surface area contributed by atoms with Gasteiger partial charge in [0.2, 0.25) is 8.77 Å². The molecule has 64 valence electrons. The lowest BCUT2D eigenvalue weighted by molar-refractivity contribution is 0.426. The summed E-state index contributed by atoms with van der Waals surface area (Å²) in [5.41, 5.74) is 0. The van der Waals surface area contributed by atoms with E-state index in [1.165, 1.54) is 23.5 Å². The third kappa shape index (κ3) is 6.86. The molecule has 0 unspecified atom stereocenters. The van der Waals surface area contributed by atoms with Crippen LogP contribution in [0, 0.1) is 0 Å². The summed E-state index contributed by atoms with van der Waals surface area (Å²) < 4.78 is 10.6. The Labute approximate surface area is 85.4 Å². The molecule has 0 aromatic carbocycles. The van der Waals surface area contributed by atoms with Crippen LogP contribution in [-0.4, -0.2) is 28.1 Å². The largest absolute Gasteiger partial charge is 0.482 e. The maximum atomic E-state index is 4.79. The van der Waals surface area contributed by atoms with Crippen molar-refractivity contribution in [3.63, 3.8) is 0 Å². The molecular formula is C5H8O2S4. The average molecular weight is 228 g/mol. The van der Waals surface area contributed by atoms with Crippen LogP contribution < -0.4 is 0 Å². The molecule has 0 rings (SSSR count). The molecule has 0 aliphatic rings. The summed E-state index contributed by atoms with van der Waals surface area (Å²) in [5.74, 6) is 0. The van der Waals surface area contributed by atoms with Crippen molar-refractivity contribution in [2.24, 2.45) is 0 Å². The minimum atomic E-state index is 0.524. The molecule has 0 saturated heterocycles. The molecular weight excluding hydrogens is 220 g/mol. The second kappa shape index (κ2) is 7.15. The predicted molar refractivity (Wildman–Crippen MR) is 59.3 cm³/mol. The first-order valence-corrected chi connectivity index (χ1v) is 5.41. The first kappa shape index (κ1) is 11.5. The van der Waals surface area contributed by atoms with Crippen LogP contribution in [0.25, 0.3) is 0 Å². The fourth-order valence-corrected chi connectivity index (χ4v) is 2.35. The van der Waals surface area contributed by atoms with E-state index in [1.807, 2.05) is 0 Å². The summed E-state index contributed by atoms with van der Waals surface area (Å²) in [6.45, 7) is 0. The lowest BCUT2D eigenvalue weighted by atomic mass is 11.5. The molecule has 0 saturated carbocycles. The van der Waals surface area contributed by atoms with Gasteiger partial charge in [0.1, 0.15) is 0 Å². The lowest BCUT2D eigenvalue weighted by Gasteiger charge is -2.01. The van der Waals surface area contributed by atoms with Crippen LogP contribution in [0.15, 0.2) is 0 Å². The van der Waals surface area contributed by atoms with Crippen LogP contribution in [0.4, 0.5) is 0 Å². The molecule has 11 heavy (non-hydrogen) atoms. The molecule has 0 aromatic heterocycles. The van der Waals surface area contributed by atoms with Gasteiger partial charge in [-0.15, -0.1) is 0 Å². The van der Waals surface area contributed by atoms with Gasteiger partial charge < -0.3 is 9.47 Å². The lowest BCUT2D eigenvalue weighted by Crippen LogP contribution is -1.94. The van der Waals surface area contributed by atoms with Crippen LogP contribution >= 0.6 is 48.0 Å². The van der Waals surface area contributed by atoms with E-state index in [9.17, 15) is 0 Å². The van der Waals surface area contributed by atoms with Crippen molar-refractivity contribution in [2.45, 2.75) is 0 Å². The molecule has 0 spiro atoms. The van der Waals surface area contributed by atoms with Gasteiger partial charge in [-0.1, -0.05) is 23.5 Å². The molecule has 0 fully saturated rings. The Hall–Kier alpha value is 0.480. The fraction of sp³-hybridized carbons (Fsp3) is 0.600. The van der Waals surface area contributed by atoms with E-state index in [0.717, 1.165) is 5.08 Å². The van der Waals surface area contributed by atoms with Crippen LogP contribution in [0.1, 0.15) is 0 Å². The minimum Gasteiger partial charge on any atom is -0.482 e. The maximum absolute atomic E-state index is 4.79. The highest BCUT2D eigenvalue weighted by molar-refractivity contribution is 8.35. The van der Waals surface area contributed by atoms with Crippen molar-refractivity contribution < 1.29 is 9.47 Å². The summed E-state index contributed by atoms with van der Waals surface area (Å²) in [6, 6.07) is 0. The number of ether oxygens (including phenoxy) is 2. The highest BCUT2D eigenvalue weighted by Crippen LogP contribution is 2.15. The zero-order valence-corrected chi connectivity index (χ0v) is 9.42. The summed E-state index contributed by atoms with van der Waals surface area (Å²) in [4.78, 5) is 0. The van der Waals surface area contributed by atoms with E-state index in [0.29, 0.717) is 8.77 Å². The van der Waals surface area contributed by atoms with Crippen molar-refractivity contribution in [1.82, 2.24) is 0 Å². The maximum Gasteiger partial charge on any atom is 0.220 e. The van der Waals surface area contributed by atoms with Gasteiger partial charge in [-0.25, -0.2) is 0 Å². The second-order valence-corrected chi connectivity index (χ2v) is 4.83. The molecule has 6 heteroatoms. The Kier molecular flexibility index (Phi) is 7.46. The summed E-state index contributed by atoms with van der Waals surface area (Å²) in [5, 5.41) is 0.735. The van der Waals surface area contributed by atoms with Gasteiger partial charge in [0.15, 0.2) is 0 Å². The first-order valence-electron chi connectivity index (χ1n) is 2.62. The second-order valence-electron chi connectivity index (χ2n) is 1.31. The van der Waals surface area contributed by atoms with Crippen molar-refractivity contribution >= 4 is 56.7 Å². The molecule has 0 atom stereocenters. The third-order valence-corrected chi connectivity index (χ3v) is 3.47. The minimum absolute atomic E-state index is 0.524. The van der Waals surface area contributed by atoms with Gasteiger partial charge in [-0.3, -0.25) is 0 Å². The number of thioether (sulfide) groups is 2.